The van der Waals surface area contributed by atoms with E-state index in [-0.39, 0.29) is 11.9 Å². The van der Waals surface area contributed by atoms with Crippen LogP contribution in [0.4, 0.5) is 4.39 Å². The number of nitrogens with one attached hydrogen (secondary N) is 1. The normalized spacial score (nSPS) is 12.0. The Morgan fingerprint density at radius 2 is 1.76 bits per heavy atom. The Morgan fingerprint density at radius 3 is 2.33 bits per heavy atom. The molecule has 0 radical (unpaired) electrons. The van der Waals surface area contributed by atoms with Crippen molar-refractivity contribution in [3.63, 3.8) is 0 Å². The topological polar surface area (TPSA) is 30.5 Å². The highest BCUT2D eigenvalue weighted by Crippen LogP contribution is 2.34. The molecule has 3 nitrogen and oxygen atoms in total. The molecule has 0 saturated carbocycles. The largest absolute Gasteiger partial charge is 0.493 e. The second-order valence-electron chi connectivity index (χ2n) is 4.51. The third-order valence-corrected chi connectivity index (χ3v) is 3.52. The molecule has 0 bridgehead atoms. The lowest BCUT2D eigenvalue weighted by atomic mass is 9.98. The second kappa shape index (κ2) is 6.78. The van der Waals surface area contributed by atoms with Gasteiger partial charge >= 0.3 is 0 Å². The van der Waals surface area contributed by atoms with Gasteiger partial charge in [-0.15, -0.1) is 0 Å². The maximum absolute atomic E-state index is 14.4. The van der Waals surface area contributed by atoms with Crippen LogP contribution < -0.4 is 14.8 Å². The molecule has 0 fully saturated rings. The lowest BCUT2D eigenvalue weighted by Gasteiger charge is -2.20. The fraction of sp³-hybridized carbons (Fsp3) is 0.250. The fourth-order valence-corrected chi connectivity index (χ4v) is 2.48. The Morgan fingerprint density at radius 1 is 1.10 bits per heavy atom. The monoisotopic (exact) mass is 309 g/mol. The van der Waals surface area contributed by atoms with Crippen molar-refractivity contribution in [2.24, 2.45) is 0 Å². The summed E-state index contributed by atoms with van der Waals surface area (Å²) in [7, 11) is 4.76. The van der Waals surface area contributed by atoms with E-state index in [4.69, 9.17) is 21.1 Å². The number of methoxy groups -OCH3 is 2. The highest BCUT2D eigenvalue weighted by molar-refractivity contribution is 6.30. The van der Waals surface area contributed by atoms with E-state index in [1.807, 2.05) is 12.1 Å². The van der Waals surface area contributed by atoms with Gasteiger partial charge in [0.25, 0.3) is 0 Å². The van der Waals surface area contributed by atoms with Crippen molar-refractivity contribution in [2.45, 2.75) is 6.04 Å². The fourth-order valence-electron chi connectivity index (χ4n) is 2.28. The summed E-state index contributed by atoms with van der Waals surface area (Å²) in [6.45, 7) is 0. The molecule has 1 unspecified atom stereocenters. The minimum Gasteiger partial charge on any atom is -0.493 e. The number of ether oxygens (including phenoxy) is 2. The molecule has 0 saturated heterocycles. The van der Waals surface area contributed by atoms with Gasteiger partial charge in [0.05, 0.1) is 20.3 Å². The Labute approximate surface area is 128 Å². The second-order valence-corrected chi connectivity index (χ2v) is 4.94. The maximum Gasteiger partial charge on any atom is 0.163 e. The van der Waals surface area contributed by atoms with Gasteiger partial charge in [-0.05, 0) is 30.8 Å². The third kappa shape index (κ3) is 3.28. The first-order valence-corrected chi connectivity index (χ1v) is 6.82. The Hall–Kier alpha value is -1.78. The van der Waals surface area contributed by atoms with Crippen LogP contribution in [-0.4, -0.2) is 21.3 Å². The van der Waals surface area contributed by atoms with E-state index in [1.165, 1.54) is 20.3 Å². The van der Waals surface area contributed by atoms with Crippen LogP contribution in [0.1, 0.15) is 17.2 Å². The van der Waals surface area contributed by atoms with Crippen molar-refractivity contribution in [2.75, 3.05) is 21.3 Å². The maximum atomic E-state index is 14.4. The summed E-state index contributed by atoms with van der Waals surface area (Å²) >= 11 is 6.01. The Bertz CT molecular complexity index is 634. The molecular weight excluding hydrogens is 293 g/mol. The van der Waals surface area contributed by atoms with E-state index in [2.05, 4.69) is 5.32 Å². The summed E-state index contributed by atoms with van der Waals surface area (Å²) in [5.74, 6) is 0.475. The molecule has 2 aromatic rings. The van der Waals surface area contributed by atoms with Crippen molar-refractivity contribution in [3.8, 4) is 11.5 Å². The lowest BCUT2D eigenvalue weighted by molar-refractivity contribution is 0.351. The average molecular weight is 310 g/mol. The summed E-state index contributed by atoms with van der Waals surface area (Å²) in [6, 6.07) is 9.94. The smallest absolute Gasteiger partial charge is 0.163 e. The van der Waals surface area contributed by atoms with Gasteiger partial charge in [0.1, 0.15) is 5.82 Å². The number of rotatable bonds is 5. The van der Waals surface area contributed by atoms with E-state index >= 15 is 0 Å². The van der Waals surface area contributed by atoms with E-state index in [1.54, 1.807) is 25.2 Å². The van der Waals surface area contributed by atoms with Gasteiger partial charge in [-0.1, -0.05) is 23.7 Å². The standard InChI is InChI=1S/C16H17ClFNO2/c1-19-16(10-5-4-6-11(17)7-10)12-8-14(20-2)15(21-3)9-13(12)18/h4-9,16,19H,1-3H3. The predicted molar refractivity (Wildman–Crippen MR) is 81.9 cm³/mol. The minimum absolute atomic E-state index is 0.330. The number of hydrogen-bond acceptors (Lipinski definition) is 3. The van der Waals surface area contributed by atoms with Crippen molar-refractivity contribution < 1.29 is 13.9 Å². The summed E-state index contributed by atoms with van der Waals surface area (Å²) in [6.07, 6.45) is 0. The van der Waals surface area contributed by atoms with Crippen molar-refractivity contribution in [3.05, 3.63) is 58.4 Å². The third-order valence-electron chi connectivity index (χ3n) is 3.28. The van der Waals surface area contributed by atoms with Crippen LogP contribution in [0, 0.1) is 5.82 Å². The van der Waals surface area contributed by atoms with Crippen LogP contribution in [0.15, 0.2) is 36.4 Å². The van der Waals surface area contributed by atoms with Gasteiger partial charge in [0, 0.05) is 16.7 Å². The summed E-state index contributed by atoms with van der Waals surface area (Å²) in [4.78, 5) is 0. The van der Waals surface area contributed by atoms with Gasteiger partial charge in [-0.25, -0.2) is 4.39 Å². The molecule has 0 aliphatic heterocycles. The van der Waals surface area contributed by atoms with Crippen LogP contribution in [0.5, 0.6) is 11.5 Å². The predicted octanol–water partition coefficient (Wildman–Crippen LogP) is 3.81. The first-order chi connectivity index (χ1) is 10.1. The van der Waals surface area contributed by atoms with Crippen LogP contribution in [0.3, 0.4) is 0 Å². The molecule has 1 N–H and O–H groups in total. The molecule has 1 atom stereocenters. The zero-order chi connectivity index (χ0) is 15.4. The van der Waals surface area contributed by atoms with E-state index < -0.39 is 0 Å². The Balaban J connectivity index is 2.52. The van der Waals surface area contributed by atoms with Crippen LogP contribution in [0.25, 0.3) is 0 Å². The van der Waals surface area contributed by atoms with Gasteiger partial charge in [0.2, 0.25) is 0 Å². The zero-order valence-electron chi connectivity index (χ0n) is 12.1. The summed E-state index contributed by atoms with van der Waals surface area (Å²) < 4.78 is 24.7. The number of benzene rings is 2. The van der Waals surface area contributed by atoms with Gasteiger partial charge in [-0.3, -0.25) is 0 Å². The number of halogens is 2. The van der Waals surface area contributed by atoms with Crippen molar-refractivity contribution >= 4 is 11.6 Å². The molecule has 5 heteroatoms. The van der Waals surface area contributed by atoms with Crippen LogP contribution in [0.2, 0.25) is 5.02 Å². The van der Waals surface area contributed by atoms with E-state index in [0.717, 1.165) is 5.56 Å². The molecule has 2 aromatic carbocycles. The first-order valence-electron chi connectivity index (χ1n) is 6.44. The molecule has 2 rings (SSSR count). The average Bonchev–Trinajstić information content (AvgIpc) is 2.49. The molecule has 0 aliphatic carbocycles. The van der Waals surface area contributed by atoms with Gasteiger partial charge in [-0.2, -0.15) is 0 Å². The molecule has 0 aromatic heterocycles. The first kappa shape index (κ1) is 15.6. The van der Waals surface area contributed by atoms with E-state index in [0.29, 0.717) is 22.1 Å². The van der Waals surface area contributed by atoms with Gasteiger partial charge < -0.3 is 14.8 Å². The molecule has 112 valence electrons. The van der Waals surface area contributed by atoms with E-state index in [9.17, 15) is 4.39 Å². The summed E-state index contributed by atoms with van der Waals surface area (Å²) in [5.41, 5.74) is 1.34. The zero-order valence-corrected chi connectivity index (χ0v) is 12.9. The van der Waals surface area contributed by atoms with Crippen molar-refractivity contribution in [1.29, 1.82) is 0 Å². The summed E-state index contributed by atoms with van der Waals surface area (Å²) in [5, 5.41) is 3.70. The quantitative estimate of drug-likeness (QED) is 0.911. The molecule has 0 heterocycles. The van der Waals surface area contributed by atoms with Crippen molar-refractivity contribution in [1.82, 2.24) is 5.32 Å². The lowest BCUT2D eigenvalue weighted by Crippen LogP contribution is -2.19. The van der Waals surface area contributed by atoms with Gasteiger partial charge in [0.15, 0.2) is 11.5 Å². The molecular formula is C16H17ClFNO2. The molecule has 0 spiro atoms. The molecule has 0 aliphatic rings. The molecule has 0 amide bonds. The van der Waals surface area contributed by atoms with Crippen LogP contribution >= 0.6 is 11.6 Å². The Kier molecular flexibility index (Phi) is 5.04. The highest BCUT2D eigenvalue weighted by Gasteiger charge is 2.20. The SMILES string of the molecule is CNC(c1cccc(Cl)c1)c1cc(OC)c(OC)cc1F. The minimum atomic E-state index is -0.369. The highest BCUT2D eigenvalue weighted by atomic mass is 35.5. The molecule has 21 heavy (non-hydrogen) atoms. The number of hydrogen-bond donors (Lipinski definition) is 1. The van der Waals surface area contributed by atoms with Crippen LogP contribution in [-0.2, 0) is 0 Å².